The molecule has 0 radical (unpaired) electrons. The number of alkyl halides is 3. The molecule has 3 aromatic rings. The van der Waals surface area contributed by atoms with Crippen LogP contribution in [-0.4, -0.2) is 116 Å². The second-order valence-electron chi connectivity index (χ2n) is 10.6. The second kappa shape index (κ2) is 19.2. The van der Waals surface area contributed by atoms with E-state index in [0.717, 1.165) is 6.07 Å². The Kier molecular flexibility index (Phi) is 14.8. The molecular weight excluding hydrogens is 657 g/mol. The first-order valence-corrected chi connectivity index (χ1v) is 15.5. The van der Waals surface area contributed by atoms with E-state index in [1.807, 2.05) is 0 Å². The fourth-order valence-electron chi connectivity index (χ4n) is 4.75. The van der Waals surface area contributed by atoms with Crippen LogP contribution in [0.3, 0.4) is 0 Å². The Morgan fingerprint density at radius 1 is 0.857 bits per heavy atom. The standard InChI is InChI=1S/C33H39F3N2O11/c1-42-8-9-43-10-11-44-12-13-45-14-15-46-16-17-47-22-30(39)48-21-25-20-38(32(41)49-25)24-7-6-23-18-29(37-31(40)27(23)19-24)26-4-2-3-5-28(26)33(34,35)36/h2-7,18-19,25H,8-17,20-22H2,1H3,(H,37,40). The molecule has 2 aromatic carbocycles. The Balaban J connectivity index is 1.12. The Labute approximate surface area is 280 Å². The van der Waals surface area contributed by atoms with Gasteiger partial charge < -0.3 is 42.9 Å². The average Bonchev–Trinajstić information content (AvgIpc) is 3.46. The molecule has 0 bridgehead atoms. The van der Waals surface area contributed by atoms with E-state index < -0.39 is 35.5 Å². The van der Waals surface area contributed by atoms with Gasteiger partial charge in [-0.05, 0) is 29.7 Å². The maximum absolute atomic E-state index is 13.5. The van der Waals surface area contributed by atoms with Gasteiger partial charge in [0.15, 0.2) is 6.10 Å². The molecule has 1 aliphatic heterocycles. The van der Waals surface area contributed by atoms with E-state index in [2.05, 4.69) is 4.98 Å². The van der Waals surface area contributed by atoms with Crippen molar-refractivity contribution in [2.75, 3.05) is 97.8 Å². The molecule has 0 aliphatic carbocycles. The minimum Gasteiger partial charge on any atom is -0.460 e. The fourth-order valence-corrected chi connectivity index (χ4v) is 4.75. The number of methoxy groups -OCH3 is 1. The number of pyridine rings is 1. The first-order valence-electron chi connectivity index (χ1n) is 15.5. The van der Waals surface area contributed by atoms with Crippen molar-refractivity contribution < 1.29 is 60.7 Å². The number of anilines is 1. The molecule has 49 heavy (non-hydrogen) atoms. The number of hydrogen-bond donors (Lipinski definition) is 1. The van der Waals surface area contributed by atoms with Crippen molar-refractivity contribution in [3.63, 3.8) is 0 Å². The van der Waals surface area contributed by atoms with Crippen LogP contribution in [0.25, 0.3) is 22.0 Å². The Bertz CT molecular complexity index is 1570. The van der Waals surface area contributed by atoms with Gasteiger partial charge in [-0.15, -0.1) is 0 Å². The fraction of sp³-hybridized carbons (Fsp3) is 0.485. The molecule has 16 heteroatoms. The molecule has 1 aromatic heterocycles. The molecule has 1 aliphatic rings. The van der Waals surface area contributed by atoms with Gasteiger partial charge in [0.05, 0.1) is 78.2 Å². The molecule has 0 spiro atoms. The minimum absolute atomic E-state index is 0.0106. The number of nitrogens with zero attached hydrogens (tertiary/aromatic N) is 1. The highest BCUT2D eigenvalue weighted by atomic mass is 19.4. The SMILES string of the molecule is COCCOCCOCCOCCOCCOCC(=O)OCC1CN(c2ccc3cc(-c4ccccc4C(F)(F)F)[nH]c(=O)c3c2)C(=O)O1. The van der Waals surface area contributed by atoms with Crippen LogP contribution < -0.4 is 10.5 Å². The lowest BCUT2D eigenvalue weighted by molar-refractivity contribution is -0.151. The molecule has 1 atom stereocenters. The lowest BCUT2D eigenvalue weighted by Gasteiger charge is -2.15. The summed E-state index contributed by atoms with van der Waals surface area (Å²) >= 11 is 0. The largest absolute Gasteiger partial charge is 0.460 e. The van der Waals surface area contributed by atoms with Crippen molar-refractivity contribution in [3.05, 3.63) is 64.4 Å². The van der Waals surface area contributed by atoms with Gasteiger partial charge in [0.1, 0.15) is 13.2 Å². The molecule has 4 rings (SSSR count). The van der Waals surface area contributed by atoms with E-state index in [9.17, 15) is 27.6 Å². The molecule has 1 fully saturated rings. The quantitative estimate of drug-likeness (QED) is 0.128. The topological polar surface area (TPSA) is 144 Å². The number of nitrogens with one attached hydrogen (secondary N) is 1. The van der Waals surface area contributed by atoms with Crippen LogP contribution in [0.4, 0.5) is 23.7 Å². The average molecular weight is 697 g/mol. The summed E-state index contributed by atoms with van der Waals surface area (Å²) in [6, 6.07) is 10.9. The maximum atomic E-state index is 13.5. The van der Waals surface area contributed by atoms with E-state index in [0.29, 0.717) is 63.9 Å². The Morgan fingerprint density at radius 2 is 1.47 bits per heavy atom. The molecular formula is C33H39F3N2O11. The van der Waals surface area contributed by atoms with Crippen LogP contribution in [0.1, 0.15) is 5.56 Å². The van der Waals surface area contributed by atoms with Crippen LogP contribution in [0, 0.1) is 0 Å². The highest BCUT2D eigenvalue weighted by Crippen LogP contribution is 2.36. The van der Waals surface area contributed by atoms with E-state index in [4.69, 9.17) is 37.9 Å². The number of hydrogen-bond acceptors (Lipinski definition) is 11. The van der Waals surface area contributed by atoms with Gasteiger partial charge in [-0.25, -0.2) is 9.59 Å². The first-order chi connectivity index (χ1) is 23.7. The number of aromatic nitrogens is 1. The van der Waals surface area contributed by atoms with Gasteiger partial charge in [-0.3, -0.25) is 9.69 Å². The normalized spacial score (nSPS) is 14.8. The number of rotatable bonds is 21. The predicted molar refractivity (Wildman–Crippen MR) is 170 cm³/mol. The van der Waals surface area contributed by atoms with Crippen molar-refractivity contribution in [2.24, 2.45) is 0 Å². The number of esters is 1. The third-order valence-electron chi connectivity index (χ3n) is 7.11. The van der Waals surface area contributed by atoms with Crippen LogP contribution in [0.2, 0.25) is 0 Å². The number of carbonyl (C=O) groups excluding carboxylic acids is 2. The van der Waals surface area contributed by atoms with Gasteiger partial charge in [0, 0.05) is 29.4 Å². The zero-order valence-electron chi connectivity index (χ0n) is 27.0. The number of aromatic amines is 1. The van der Waals surface area contributed by atoms with Crippen molar-refractivity contribution in [1.29, 1.82) is 0 Å². The van der Waals surface area contributed by atoms with Gasteiger partial charge in [0.2, 0.25) is 0 Å². The zero-order chi connectivity index (χ0) is 35.1. The van der Waals surface area contributed by atoms with E-state index in [1.165, 1.54) is 41.3 Å². The van der Waals surface area contributed by atoms with Gasteiger partial charge in [-0.1, -0.05) is 24.3 Å². The molecule has 1 saturated heterocycles. The number of cyclic esters (lactones) is 1. The third-order valence-corrected chi connectivity index (χ3v) is 7.11. The first kappa shape index (κ1) is 37.8. The Morgan fingerprint density at radius 3 is 2.10 bits per heavy atom. The number of amides is 1. The summed E-state index contributed by atoms with van der Waals surface area (Å²) in [5.41, 5.74) is -1.31. The summed E-state index contributed by atoms with van der Waals surface area (Å²) in [5, 5.41) is 0.553. The minimum atomic E-state index is -4.61. The molecule has 1 amide bonds. The van der Waals surface area contributed by atoms with Crippen molar-refractivity contribution in [1.82, 2.24) is 4.98 Å². The molecule has 2 heterocycles. The third kappa shape index (κ3) is 11.8. The van der Waals surface area contributed by atoms with Crippen LogP contribution in [0.15, 0.2) is 53.3 Å². The van der Waals surface area contributed by atoms with E-state index in [1.54, 1.807) is 13.2 Å². The number of halogens is 3. The summed E-state index contributed by atoms with van der Waals surface area (Å²) in [7, 11) is 1.61. The summed E-state index contributed by atoms with van der Waals surface area (Å²) < 4.78 is 82.6. The van der Waals surface area contributed by atoms with Crippen LogP contribution in [0.5, 0.6) is 0 Å². The lowest BCUT2D eigenvalue weighted by atomic mass is 10.0. The molecule has 0 saturated carbocycles. The smallest absolute Gasteiger partial charge is 0.417 e. The zero-order valence-corrected chi connectivity index (χ0v) is 27.0. The lowest BCUT2D eigenvalue weighted by Crippen LogP contribution is -2.27. The molecule has 1 unspecified atom stereocenters. The second-order valence-corrected chi connectivity index (χ2v) is 10.6. The summed E-state index contributed by atoms with van der Waals surface area (Å²) in [4.78, 5) is 41.4. The number of benzene rings is 2. The van der Waals surface area contributed by atoms with Crippen molar-refractivity contribution >= 4 is 28.5 Å². The highest BCUT2D eigenvalue weighted by molar-refractivity contribution is 5.94. The monoisotopic (exact) mass is 696 g/mol. The maximum Gasteiger partial charge on any atom is 0.417 e. The number of ether oxygens (including phenoxy) is 8. The molecule has 13 nitrogen and oxygen atoms in total. The molecule has 268 valence electrons. The summed E-state index contributed by atoms with van der Waals surface area (Å²) in [6.45, 7) is 3.55. The van der Waals surface area contributed by atoms with E-state index >= 15 is 0 Å². The predicted octanol–water partition coefficient (Wildman–Crippen LogP) is 3.81. The van der Waals surface area contributed by atoms with E-state index in [-0.39, 0.29) is 49.6 Å². The van der Waals surface area contributed by atoms with Gasteiger partial charge in [0.25, 0.3) is 5.56 Å². The van der Waals surface area contributed by atoms with Crippen LogP contribution >= 0.6 is 0 Å². The van der Waals surface area contributed by atoms with Crippen molar-refractivity contribution in [2.45, 2.75) is 12.3 Å². The van der Waals surface area contributed by atoms with Gasteiger partial charge in [-0.2, -0.15) is 13.2 Å². The van der Waals surface area contributed by atoms with Crippen LogP contribution in [-0.2, 0) is 48.9 Å². The molecule has 1 N–H and O–H groups in total. The number of fused-ring (bicyclic) bond motifs is 1. The Hall–Kier alpha value is -4.06. The summed E-state index contributed by atoms with van der Waals surface area (Å²) in [5.74, 6) is -0.651. The number of carbonyl (C=O) groups is 2. The highest BCUT2D eigenvalue weighted by Gasteiger charge is 2.35. The number of H-pyrrole nitrogens is 1. The van der Waals surface area contributed by atoms with Gasteiger partial charge >= 0.3 is 18.2 Å². The summed E-state index contributed by atoms with van der Waals surface area (Å²) in [6.07, 6.45) is -6.08. The van der Waals surface area contributed by atoms with Crippen molar-refractivity contribution in [3.8, 4) is 11.3 Å².